The molecule has 0 saturated heterocycles. The molecule has 2 heterocycles. The summed E-state index contributed by atoms with van der Waals surface area (Å²) in [4.78, 5) is 15.0. The van der Waals surface area contributed by atoms with E-state index >= 15 is 0 Å². The van der Waals surface area contributed by atoms with Crippen LogP contribution in [0.15, 0.2) is 35.6 Å². The highest BCUT2D eigenvalue weighted by Gasteiger charge is 2.21. The van der Waals surface area contributed by atoms with Gasteiger partial charge in [0, 0.05) is 12.6 Å². The number of ether oxygens (including phenoxy) is 2. The second kappa shape index (κ2) is 8.48. The smallest absolute Gasteiger partial charge is 0.303 e. The van der Waals surface area contributed by atoms with E-state index in [1.54, 1.807) is 17.3 Å². The van der Waals surface area contributed by atoms with Gasteiger partial charge in [-0.05, 0) is 50.5 Å². The van der Waals surface area contributed by atoms with E-state index in [2.05, 4.69) is 10.1 Å². The third kappa shape index (κ3) is 4.72. The molecular weight excluding hydrogens is 382 g/mol. The normalized spacial score (nSPS) is 13.5. The van der Waals surface area contributed by atoms with Crippen molar-refractivity contribution in [2.24, 2.45) is 5.10 Å². The first-order valence-electron chi connectivity index (χ1n) is 8.96. The Kier molecular flexibility index (Phi) is 6.04. The summed E-state index contributed by atoms with van der Waals surface area (Å²) in [6.45, 7) is 6.04. The number of aliphatic carboxylic acids is 1. The summed E-state index contributed by atoms with van der Waals surface area (Å²) in [5, 5.41) is 15.5. The maximum atomic E-state index is 10.7. The highest BCUT2D eigenvalue weighted by Crippen LogP contribution is 2.28. The second-order valence-electron chi connectivity index (χ2n) is 6.77. The standard InChI is InChI=1S/C20H22ClN3O4/c1-12(2)28-20-16(21)9-15(10-22-20)19-23-24(11-27-19)17-6-4-14(8-13(17)3)5-7-18(25)26/h4,6,8-10,12H,5,7,11H2,1-3H3,(H,25,26). The first-order valence-corrected chi connectivity index (χ1v) is 9.34. The van der Waals surface area contributed by atoms with Crippen molar-refractivity contribution < 1.29 is 19.4 Å². The lowest BCUT2D eigenvalue weighted by molar-refractivity contribution is -0.136. The number of carboxylic acids is 1. The average Bonchev–Trinajstić information content (AvgIpc) is 3.11. The predicted octanol–water partition coefficient (Wildman–Crippen LogP) is 4.00. The third-order valence-corrected chi connectivity index (χ3v) is 4.37. The van der Waals surface area contributed by atoms with E-state index in [1.165, 1.54) is 0 Å². The number of hydrogen-bond donors (Lipinski definition) is 1. The first-order chi connectivity index (χ1) is 13.3. The molecule has 0 saturated carbocycles. The number of aromatic nitrogens is 1. The number of rotatable bonds is 7. The van der Waals surface area contributed by atoms with Crippen LogP contribution in [0.1, 0.15) is 37.0 Å². The summed E-state index contributed by atoms with van der Waals surface area (Å²) in [5.74, 6) is 0.00418. The van der Waals surface area contributed by atoms with Gasteiger partial charge in [-0.15, -0.1) is 5.10 Å². The molecule has 7 nitrogen and oxygen atoms in total. The molecule has 1 aromatic carbocycles. The van der Waals surface area contributed by atoms with Gasteiger partial charge < -0.3 is 14.6 Å². The van der Waals surface area contributed by atoms with Crippen LogP contribution in [0.4, 0.5) is 5.69 Å². The quantitative estimate of drug-likeness (QED) is 0.752. The molecule has 0 fully saturated rings. The summed E-state index contributed by atoms with van der Waals surface area (Å²) >= 11 is 6.25. The Labute approximate surface area is 168 Å². The second-order valence-corrected chi connectivity index (χ2v) is 7.18. The minimum absolute atomic E-state index is 0.0205. The Morgan fingerprint density at radius 3 is 2.82 bits per heavy atom. The molecule has 1 aromatic heterocycles. The molecule has 1 N–H and O–H groups in total. The molecule has 0 atom stereocenters. The highest BCUT2D eigenvalue weighted by atomic mass is 35.5. The fraction of sp³-hybridized carbons (Fsp3) is 0.350. The number of pyridine rings is 1. The number of aryl methyl sites for hydroxylation is 2. The van der Waals surface area contributed by atoms with Crippen LogP contribution in [0.3, 0.4) is 0 Å². The van der Waals surface area contributed by atoms with Crippen molar-refractivity contribution in [1.82, 2.24) is 4.98 Å². The van der Waals surface area contributed by atoms with Crippen LogP contribution >= 0.6 is 11.6 Å². The van der Waals surface area contributed by atoms with Crippen LogP contribution in [-0.4, -0.2) is 34.8 Å². The van der Waals surface area contributed by atoms with Crippen LogP contribution in [-0.2, 0) is 16.0 Å². The molecule has 0 amide bonds. The van der Waals surface area contributed by atoms with Gasteiger partial charge in [-0.1, -0.05) is 23.7 Å². The minimum atomic E-state index is -0.805. The molecule has 0 spiro atoms. The summed E-state index contributed by atoms with van der Waals surface area (Å²) < 4.78 is 11.2. The number of hydrazone groups is 1. The van der Waals surface area contributed by atoms with Gasteiger partial charge in [0.1, 0.15) is 5.02 Å². The van der Waals surface area contributed by atoms with E-state index in [9.17, 15) is 4.79 Å². The van der Waals surface area contributed by atoms with Gasteiger partial charge in [-0.25, -0.2) is 9.99 Å². The number of carboxylic acid groups (broad SMARTS) is 1. The zero-order valence-corrected chi connectivity index (χ0v) is 16.7. The van der Waals surface area contributed by atoms with Gasteiger partial charge in [0.15, 0.2) is 6.73 Å². The van der Waals surface area contributed by atoms with Gasteiger partial charge in [0.05, 0.1) is 17.4 Å². The van der Waals surface area contributed by atoms with Gasteiger partial charge >= 0.3 is 5.97 Å². The minimum Gasteiger partial charge on any atom is -0.481 e. The number of halogens is 1. The molecule has 0 bridgehead atoms. The van der Waals surface area contributed by atoms with Crippen molar-refractivity contribution in [1.29, 1.82) is 0 Å². The number of hydrogen-bond acceptors (Lipinski definition) is 6. The third-order valence-electron chi connectivity index (χ3n) is 4.10. The lowest BCUT2D eigenvalue weighted by Crippen LogP contribution is -2.14. The Hall–Kier alpha value is -2.80. The van der Waals surface area contributed by atoms with Crippen LogP contribution < -0.4 is 9.75 Å². The molecule has 148 valence electrons. The summed E-state index contributed by atoms with van der Waals surface area (Å²) in [6.07, 6.45) is 2.20. The van der Waals surface area contributed by atoms with Crippen molar-refractivity contribution in [3.05, 3.63) is 52.2 Å². The largest absolute Gasteiger partial charge is 0.481 e. The SMILES string of the molecule is Cc1cc(CCC(=O)O)ccc1N1COC(c2cnc(OC(C)C)c(Cl)c2)=N1. The van der Waals surface area contributed by atoms with E-state index in [-0.39, 0.29) is 19.3 Å². The van der Waals surface area contributed by atoms with Crippen molar-refractivity contribution in [2.45, 2.75) is 39.7 Å². The molecule has 0 radical (unpaired) electrons. The Bertz CT molecular complexity index is 914. The van der Waals surface area contributed by atoms with Crippen LogP contribution in [0, 0.1) is 6.92 Å². The van der Waals surface area contributed by atoms with Crippen molar-refractivity contribution in [2.75, 3.05) is 11.7 Å². The number of nitrogens with zero attached hydrogens (tertiary/aromatic N) is 3. The van der Waals surface area contributed by atoms with Crippen LogP contribution in [0.25, 0.3) is 0 Å². The van der Waals surface area contributed by atoms with Gasteiger partial charge in [-0.3, -0.25) is 4.79 Å². The summed E-state index contributed by atoms with van der Waals surface area (Å²) in [7, 11) is 0. The molecule has 3 rings (SSSR count). The summed E-state index contributed by atoms with van der Waals surface area (Å²) in [6, 6.07) is 7.53. The van der Waals surface area contributed by atoms with E-state index in [0.29, 0.717) is 28.8 Å². The van der Waals surface area contributed by atoms with Gasteiger partial charge in [-0.2, -0.15) is 0 Å². The lowest BCUT2D eigenvalue weighted by Gasteiger charge is -2.15. The predicted molar refractivity (Wildman–Crippen MR) is 107 cm³/mol. The van der Waals surface area contributed by atoms with E-state index in [4.69, 9.17) is 26.2 Å². The first kappa shape index (κ1) is 19.9. The van der Waals surface area contributed by atoms with Crippen molar-refractivity contribution in [3.63, 3.8) is 0 Å². The van der Waals surface area contributed by atoms with E-state index in [1.807, 2.05) is 39.0 Å². The Balaban J connectivity index is 1.76. The zero-order chi connectivity index (χ0) is 20.3. The molecule has 8 heteroatoms. The molecular formula is C20H22ClN3O4. The molecule has 28 heavy (non-hydrogen) atoms. The highest BCUT2D eigenvalue weighted by molar-refractivity contribution is 6.32. The zero-order valence-electron chi connectivity index (χ0n) is 16.0. The fourth-order valence-electron chi connectivity index (χ4n) is 2.82. The van der Waals surface area contributed by atoms with E-state index in [0.717, 1.165) is 16.8 Å². The van der Waals surface area contributed by atoms with Gasteiger partial charge in [0.2, 0.25) is 11.8 Å². The van der Waals surface area contributed by atoms with E-state index < -0.39 is 5.97 Å². The maximum Gasteiger partial charge on any atom is 0.303 e. The maximum absolute atomic E-state index is 10.7. The lowest BCUT2D eigenvalue weighted by atomic mass is 10.1. The summed E-state index contributed by atoms with van der Waals surface area (Å²) in [5.41, 5.74) is 3.53. The topological polar surface area (TPSA) is 84.2 Å². The molecule has 0 aliphatic carbocycles. The number of benzene rings is 1. The molecule has 1 aliphatic rings. The number of carbonyl (C=O) groups is 1. The van der Waals surface area contributed by atoms with Gasteiger partial charge in [0.25, 0.3) is 0 Å². The average molecular weight is 404 g/mol. The number of anilines is 1. The Morgan fingerprint density at radius 1 is 1.39 bits per heavy atom. The molecule has 2 aromatic rings. The Morgan fingerprint density at radius 2 is 2.18 bits per heavy atom. The fourth-order valence-corrected chi connectivity index (χ4v) is 3.03. The monoisotopic (exact) mass is 403 g/mol. The molecule has 0 unspecified atom stereocenters. The van der Waals surface area contributed by atoms with Crippen LogP contribution in [0.5, 0.6) is 5.88 Å². The molecule has 1 aliphatic heterocycles. The van der Waals surface area contributed by atoms with Crippen molar-refractivity contribution >= 4 is 29.2 Å². The van der Waals surface area contributed by atoms with Crippen LogP contribution in [0.2, 0.25) is 5.02 Å². The van der Waals surface area contributed by atoms with Crippen molar-refractivity contribution in [3.8, 4) is 5.88 Å².